The third-order valence-electron chi connectivity index (χ3n) is 2.19. The first-order valence-electron chi connectivity index (χ1n) is 5.61. The van der Waals surface area contributed by atoms with Gasteiger partial charge in [-0.25, -0.2) is 14.6 Å². The van der Waals surface area contributed by atoms with E-state index >= 15 is 0 Å². The Balaban J connectivity index is 0.000000217. The Morgan fingerprint density at radius 1 is 1.20 bits per heavy atom. The highest BCUT2D eigenvalue weighted by molar-refractivity contribution is 7.15. The Morgan fingerprint density at radius 3 is 2.05 bits per heavy atom. The van der Waals surface area contributed by atoms with Gasteiger partial charge in [-0.3, -0.25) is 0 Å². The van der Waals surface area contributed by atoms with Gasteiger partial charge in [0.25, 0.3) is 0 Å². The molecule has 7 heteroatoms. The van der Waals surface area contributed by atoms with E-state index in [2.05, 4.69) is 10.3 Å². The number of carboxylic acids is 2. The lowest BCUT2D eigenvalue weighted by molar-refractivity contribution is 0.0696. The third kappa shape index (κ3) is 4.69. The molecule has 2 rings (SSSR count). The SMILES string of the molecule is CNc1ncc(C)s1.O=C(O)c1cccc(C(=O)O)c1. The number of nitrogens with zero attached hydrogens (tertiary/aromatic N) is 1. The van der Waals surface area contributed by atoms with Crippen molar-refractivity contribution < 1.29 is 19.8 Å². The van der Waals surface area contributed by atoms with E-state index < -0.39 is 11.9 Å². The topological polar surface area (TPSA) is 99.5 Å². The molecule has 3 N–H and O–H groups in total. The molecule has 0 bridgehead atoms. The van der Waals surface area contributed by atoms with Gasteiger partial charge in [-0.2, -0.15) is 0 Å². The van der Waals surface area contributed by atoms with Crippen molar-refractivity contribution in [2.45, 2.75) is 6.92 Å². The molecule has 0 saturated heterocycles. The monoisotopic (exact) mass is 294 g/mol. The number of anilines is 1. The normalized spacial score (nSPS) is 9.30. The standard InChI is InChI=1S/C8H6O4.C5H8N2S/c9-7(10)5-2-1-3-6(4-5)8(11)12;1-4-3-7-5(6-2)8-4/h1-4H,(H,9,10)(H,11,12);3H,1-2H3,(H,6,7). The molecule has 1 heterocycles. The molecule has 20 heavy (non-hydrogen) atoms. The summed E-state index contributed by atoms with van der Waals surface area (Å²) in [5.41, 5.74) is -0.0372. The van der Waals surface area contributed by atoms with Crippen molar-refractivity contribution in [3.63, 3.8) is 0 Å². The van der Waals surface area contributed by atoms with Crippen molar-refractivity contribution in [2.24, 2.45) is 0 Å². The predicted molar refractivity (Wildman–Crippen MR) is 76.8 cm³/mol. The highest BCUT2D eigenvalue weighted by Gasteiger charge is 2.06. The number of aromatic carboxylic acids is 2. The van der Waals surface area contributed by atoms with E-state index in [4.69, 9.17) is 10.2 Å². The Hall–Kier alpha value is -2.41. The zero-order chi connectivity index (χ0) is 15.1. The first-order chi connectivity index (χ1) is 9.43. The van der Waals surface area contributed by atoms with Crippen molar-refractivity contribution in [3.8, 4) is 0 Å². The summed E-state index contributed by atoms with van der Waals surface area (Å²) >= 11 is 1.67. The number of hydrogen-bond donors (Lipinski definition) is 3. The van der Waals surface area contributed by atoms with Crippen molar-refractivity contribution in [1.29, 1.82) is 0 Å². The Bertz CT molecular complexity index is 581. The number of rotatable bonds is 3. The first-order valence-corrected chi connectivity index (χ1v) is 6.42. The fraction of sp³-hybridized carbons (Fsp3) is 0.154. The quantitative estimate of drug-likeness (QED) is 0.804. The Morgan fingerprint density at radius 2 is 1.75 bits per heavy atom. The minimum Gasteiger partial charge on any atom is -0.478 e. The average Bonchev–Trinajstić information content (AvgIpc) is 2.85. The summed E-state index contributed by atoms with van der Waals surface area (Å²) in [6.45, 7) is 2.04. The molecular formula is C13H14N2O4S. The highest BCUT2D eigenvalue weighted by Crippen LogP contribution is 2.14. The van der Waals surface area contributed by atoms with Crippen LogP contribution >= 0.6 is 11.3 Å². The van der Waals surface area contributed by atoms with Gasteiger partial charge >= 0.3 is 11.9 Å². The molecule has 0 amide bonds. The largest absolute Gasteiger partial charge is 0.478 e. The second-order valence-corrected chi connectivity index (χ2v) is 4.95. The minimum atomic E-state index is -1.13. The molecule has 0 aliphatic heterocycles. The van der Waals surface area contributed by atoms with E-state index in [1.807, 2.05) is 20.2 Å². The maximum atomic E-state index is 10.4. The van der Waals surface area contributed by atoms with Gasteiger partial charge in [0.1, 0.15) is 0 Å². The van der Waals surface area contributed by atoms with Crippen LogP contribution in [0.15, 0.2) is 30.5 Å². The molecule has 2 aromatic rings. The molecule has 0 saturated carbocycles. The van der Waals surface area contributed by atoms with Crippen molar-refractivity contribution in [3.05, 3.63) is 46.5 Å². The lowest BCUT2D eigenvalue weighted by Gasteiger charge is -1.95. The molecule has 1 aromatic heterocycles. The summed E-state index contributed by atoms with van der Waals surface area (Å²) in [4.78, 5) is 26.1. The van der Waals surface area contributed by atoms with Gasteiger partial charge in [-0.1, -0.05) is 6.07 Å². The maximum absolute atomic E-state index is 10.4. The highest BCUT2D eigenvalue weighted by atomic mass is 32.1. The molecular weight excluding hydrogens is 280 g/mol. The van der Waals surface area contributed by atoms with Gasteiger partial charge in [0.15, 0.2) is 5.13 Å². The molecule has 0 radical (unpaired) electrons. The van der Waals surface area contributed by atoms with Crippen LogP contribution in [0, 0.1) is 6.92 Å². The van der Waals surface area contributed by atoms with E-state index in [0.717, 1.165) is 11.2 Å². The number of aryl methyl sites for hydroxylation is 1. The maximum Gasteiger partial charge on any atom is 0.335 e. The summed E-state index contributed by atoms with van der Waals surface area (Å²) < 4.78 is 0. The van der Waals surface area contributed by atoms with Crippen molar-refractivity contribution in [2.75, 3.05) is 12.4 Å². The molecule has 0 unspecified atom stereocenters. The Kier molecular flexibility index (Phi) is 5.67. The van der Waals surface area contributed by atoms with Gasteiger partial charge in [0.2, 0.25) is 0 Å². The van der Waals surface area contributed by atoms with E-state index in [1.54, 1.807) is 11.3 Å². The lowest BCUT2D eigenvalue weighted by atomic mass is 10.1. The molecule has 0 fully saturated rings. The van der Waals surface area contributed by atoms with Crippen LogP contribution in [0.25, 0.3) is 0 Å². The second kappa shape index (κ2) is 7.25. The van der Waals surface area contributed by atoms with Crippen LogP contribution in [0.3, 0.4) is 0 Å². The van der Waals surface area contributed by atoms with E-state index in [0.29, 0.717) is 0 Å². The summed E-state index contributed by atoms with van der Waals surface area (Å²) in [7, 11) is 1.87. The summed E-state index contributed by atoms with van der Waals surface area (Å²) in [5, 5.41) is 20.9. The number of benzene rings is 1. The number of hydrogen-bond acceptors (Lipinski definition) is 5. The number of aromatic nitrogens is 1. The molecule has 106 valence electrons. The summed E-state index contributed by atoms with van der Waals surface area (Å²) in [6.07, 6.45) is 1.86. The number of thiazole rings is 1. The Labute approximate surface area is 119 Å². The van der Waals surface area contributed by atoms with Crippen molar-refractivity contribution >= 4 is 28.4 Å². The van der Waals surface area contributed by atoms with Gasteiger partial charge in [0, 0.05) is 18.1 Å². The predicted octanol–water partition coefficient (Wildman–Crippen LogP) is 2.58. The van der Waals surface area contributed by atoms with E-state index in [1.165, 1.54) is 23.1 Å². The van der Waals surface area contributed by atoms with Gasteiger partial charge in [-0.05, 0) is 25.1 Å². The fourth-order valence-electron chi connectivity index (χ4n) is 1.26. The smallest absolute Gasteiger partial charge is 0.335 e. The summed E-state index contributed by atoms with van der Waals surface area (Å²) in [5.74, 6) is -2.25. The fourth-order valence-corrected chi connectivity index (χ4v) is 1.87. The molecule has 0 aliphatic rings. The van der Waals surface area contributed by atoms with Gasteiger partial charge in [-0.15, -0.1) is 11.3 Å². The second-order valence-electron chi connectivity index (χ2n) is 3.72. The van der Waals surface area contributed by atoms with Gasteiger partial charge in [0.05, 0.1) is 11.1 Å². The van der Waals surface area contributed by atoms with E-state index in [9.17, 15) is 9.59 Å². The number of carbonyl (C=O) groups is 2. The van der Waals surface area contributed by atoms with Crippen LogP contribution < -0.4 is 5.32 Å². The van der Waals surface area contributed by atoms with Crippen LogP contribution in [0.5, 0.6) is 0 Å². The summed E-state index contributed by atoms with van der Waals surface area (Å²) in [6, 6.07) is 5.20. The first kappa shape index (κ1) is 15.6. The van der Waals surface area contributed by atoms with Crippen LogP contribution in [0.4, 0.5) is 5.13 Å². The lowest BCUT2D eigenvalue weighted by Crippen LogP contribution is -2.01. The molecule has 6 nitrogen and oxygen atoms in total. The third-order valence-corrected chi connectivity index (χ3v) is 3.12. The van der Waals surface area contributed by atoms with Crippen LogP contribution in [-0.2, 0) is 0 Å². The number of carboxylic acid groups (broad SMARTS) is 2. The van der Waals surface area contributed by atoms with Crippen molar-refractivity contribution in [1.82, 2.24) is 4.98 Å². The van der Waals surface area contributed by atoms with Crippen LogP contribution in [0.2, 0.25) is 0 Å². The minimum absolute atomic E-state index is 0.0186. The molecule has 0 spiro atoms. The zero-order valence-electron chi connectivity index (χ0n) is 11.0. The number of nitrogens with one attached hydrogen (secondary N) is 1. The molecule has 0 atom stereocenters. The van der Waals surface area contributed by atoms with Crippen LogP contribution in [-0.4, -0.2) is 34.2 Å². The molecule has 0 aliphatic carbocycles. The van der Waals surface area contributed by atoms with E-state index in [-0.39, 0.29) is 11.1 Å². The van der Waals surface area contributed by atoms with Crippen LogP contribution in [0.1, 0.15) is 25.6 Å². The van der Waals surface area contributed by atoms with Gasteiger partial charge < -0.3 is 15.5 Å². The zero-order valence-corrected chi connectivity index (χ0v) is 11.8. The average molecular weight is 294 g/mol. The molecule has 1 aromatic carbocycles.